The van der Waals surface area contributed by atoms with Crippen molar-refractivity contribution in [2.24, 2.45) is 0 Å². The fourth-order valence-corrected chi connectivity index (χ4v) is 5.80. The molecular formula is C26H32BrClN2O3S. The molecule has 3 aromatic rings. The molecule has 0 saturated heterocycles. The summed E-state index contributed by atoms with van der Waals surface area (Å²) < 4.78 is 8.52. The molecular weight excluding hydrogens is 536 g/mol. The van der Waals surface area contributed by atoms with Gasteiger partial charge in [-0.1, -0.05) is 30.3 Å². The maximum atomic E-state index is 13.3. The lowest BCUT2D eigenvalue weighted by atomic mass is 10.0. The number of aromatic nitrogens is 1. The summed E-state index contributed by atoms with van der Waals surface area (Å²) in [6.45, 7) is 2.69. The number of aryl methyl sites for hydroxylation is 1. The summed E-state index contributed by atoms with van der Waals surface area (Å²) in [5.41, 5.74) is 4.72. The normalized spacial score (nSPS) is 13.3. The molecule has 184 valence electrons. The molecule has 1 heterocycles. The smallest absolute Gasteiger partial charge is 0.340 e. The minimum Gasteiger partial charge on any atom is -0.506 e. The molecule has 0 spiro atoms. The minimum absolute atomic E-state index is 0. The van der Waals surface area contributed by atoms with Crippen molar-refractivity contribution >= 4 is 57.0 Å². The quantitative estimate of drug-likeness (QED) is 0.222. The van der Waals surface area contributed by atoms with E-state index in [4.69, 9.17) is 4.74 Å². The second-order valence-electron chi connectivity index (χ2n) is 8.75. The van der Waals surface area contributed by atoms with Crippen molar-refractivity contribution in [3.8, 4) is 5.75 Å². The number of fused-ring (bicyclic) bond motifs is 1. The van der Waals surface area contributed by atoms with Crippen LogP contribution >= 0.6 is 40.1 Å². The van der Waals surface area contributed by atoms with E-state index in [1.807, 2.05) is 49.8 Å². The SMILES string of the molecule is CCOC(=O)c1c(CSCCc2ccccc2)n(C2CC2)c2cc(Br)c(O)c(CN(C)C)c12.Cl. The average Bonchev–Trinajstić information content (AvgIpc) is 3.57. The van der Waals surface area contributed by atoms with Gasteiger partial charge in [0.05, 0.1) is 22.2 Å². The van der Waals surface area contributed by atoms with Gasteiger partial charge < -0.3 is 19.3 Å². The molecule has 0 unspecified atom stereocenters. The third kappa shape index (κ3) is 5.76. The highest BCUT2D eigenvalue weighted by molar-refractivity contribution is 9.10. The molecule has 1 fully saturated rings. The molecule has 34 heavy (non-hydrogen) atoms. The third-order valence-corrected chi connectivity index (χ3v) is 7.48. The van der Waals surface area contributed by atoms with E-state index < -0.39 is 0 Å². The van der Waals surface area contributed by atoms with Gasteiger partial charge in [0, 0.05) is 35.0 Å². The standard InChI is InChI=1S/C26H31BrN2O3S.ClH/c1-4-32-26(31)24-22(16-33-13-12-17-8-6-5-7-9-17)29(18-10-11-18)21-14-20(27)25(30)19(23(21)24)15-28(2)3;/h5-9,14,18,30H,4,10-13,15-16H2,1-3H3;1H. The van der Waals surface area contributed by atoms with Gasteiger partial charge in [0.2, 0.25) is 0 Å². The number of benzene rings is 2. The highest BCUT2D eigenvalue weighted by Crippen LogP contribution is 2.46. The van der Waals surface area contributed by atoms with E-state index in [-0.39, 0.29) is 24.1 Å². The second kappa shape index (κ2) is 11.8. The molecule has 2 aromatic carbocycles. The van der Waals surface area contributed by atoms with Crippen LogP contribution in [-0.4, -0.2) is 47.0 Å². The molecule has 8 heteroatoms. The Kier molecular flexibility index (Phi) is 9.38. The molecule has 0 radical (unpaired) electrons. The third-order valence-electron chi connectivity index (χ3n) is 5.90. The fourth-order valence-electron chi connectivity index (χ4n) is 4.35. The van der Waals surface area contributed by atoms with E-state index in [0.717, 1.165) is 52.9 Å². The number of phenols is 1. The zero-order chi connectivity index (χ0) is 23.5. The van der Waals surface area contributed by atoms with Gasteiger partial charge in [-0.2, -0.15) is 11.8 Å². The van der Waals surface area contributed by atoms with E-state index in [1.54, 1.807) is 0 Å². The number of esters is 1. The molecule has 1 aromatic heterocycles. The van der Waals surface area contributed by atoms with Crippen molar-refractivity contribution in [3.63, 3.8) is 0 Å². The van der Waals surface area contributed by atoms with Crippen LogP contribution in [0.5, 0.6) is 5.75 Å². The van der Waals surface area contributed by atoms with Crippen LogP contribution in [0.1, 0.15) is 53.0 Å². The van der Waals surface area contributed by atoms with Crippen molar-refractivity contribution in [1.82, 2.24) is 9.47 Å². The maximum absolute atomic E-state index is 13.3. The largest absolute Gasteiger partial charge is 0.506 e. The molecule has 0 atom stereocenters. The van der Waals surface area contributed by atoms with E-state index in [0.29, 0.717) is 29.2 Å². The first-order chi connectivity index (χ1) is 15.9. The van der Waals surface area contributed by atoms with Gasteiger partial charge >= 0.3 is 5.97 Å². The van der Waals surface area contributed by atoms with Crippen molar-refractivity contribution in [1.29, 1.82) is 0 Å². The van der Waals surface area contributed by atoms with Crippen molar-refractivity contribution in [2.45, 2.75) is 44.5 Å². The summed E-state index contributed by atoms with van der Waals surface area (Å²) >= 11 is 5.39. The fraction of sp³-hybridized carbons (Fsp3) is 0.423. The summed E-state index contributed by atoms with van der Waals surface area (Å²) in [6.07, 6.45) is 3.20. The Morgan fingerprint density at radius 3 is 2.59 bits per heavy atom. The second-order valence-corrected chi connectivity index (χ2v) is 10.7. The van der Waals surface area contributed by atoms with Gasteiger partial charge in [-0.25, -0.2) is 4.79 Å². The van der Waals surface area contributed by atoms with Crippen LogP contribution < -0.4 is 0 Å². The molecule has 0 bridgehead atoms. The van der Waals surface area contributed by atoms with Crippen LogP contribution in [0, 0.1) is 0 Å². The average molecular weight is 568 g/mol. The Bertz CT molecular complexity index is 1150. The Morgan fingerprint density at radius 2 is 1.97 bits per heavy atom. The summed E-state index contributed by atoms with van der Waals surface area (Å²) in [5.74, 6) is 1.59. The molecule has 0 aliphatic heterocycles. The Hall–Kier alpha value is -1.67. The molecule has 1 N–H and O–H groups in total. The van der Waals surface area contributed by atoms with Crippen LogP contribution in [0.25, 0.3) is 10.9 Å². The number of thioether (sulfide) groups is 1. The summed E-state index contributed by atoms with van der Waals surface area (Å²) in [4.78, 5) is 15.3. The number of ether oxygens (including phenoxy) is 1. The van der Waals surface area contributed by atoms with Gasteiger partial charge in [0.1, 0.15) is 5.75 Å². The van der Waals surface area contributed by atoms with Crippen LogP contribution in [0.3, 0.4) is 0 Å². The molecule has 4 rings (SSSR count). The molecule has 1 saturated carbocycles. The number of hydrogen-bond donors (Lipinski definition) is 1. The number of hydrogen-bond acceptors (Lipinski definition) is 5. The number of nitrogens with zero attached hydrogens (tertiary/aromatic N) is 2. The first-order valence-corrected chi connectivity index (χ1v) is 13.4. The lowest BCUT2D eigenvalue weighted by molar-refractivity contribution is 0.0527. The summed E-state index contributed by atoms with van der Waals surface area (Å²) in [5, 5.41) is 11.8. The highest BCUT2D eigenvalue weighted by Gasteiger charge is 2.34. The van der Waals surface area contributed by atoms with Gasteiger partial charge in [-0.05, 0) is 73.6 Å². The zero-order valence-electron chi connectivity index (χ0n) is 19.8. The van der Waals surface area contributed by atoms with Crippen LogP contribution in [-0.2, 0) is 23.5 Å². The van der Waals surface area contributed by atoms with E-state index >= 15 is 0 Å². The van der Waals surface area contributed by atoms with Gasteiger partial charge in [0.25, 0.3) is 0 Å². The minimum atomic E-state index is -0.303. The first kappa shape index (κ1) is 26.9. The highest BCUT2D eigenvalue weighted by atomic mass is 79.9. The Labute approximate surface area is 220 Å². The number of halogens is 2. The van der Waals surface area contributed by atoms with Crippen LogP contribution in [0.4, 0.5) is 0 Å². The number of carbonyl (C=O) groups is 1. The van der Waals surface area contributed by atoms with Crippen molar-refractivity contribution in [2.75, 3.05) is 26.5 Å². The number of aromatic hydroxyl groups is 1. The Morgan fingerprint density at radius 1 is 1.26 bits per heavy atom. The summed E-state index contributed by atoms with van der Waals surface area (Å²) in [7, 11) is 3.93. The van der Waals surface area contributed by atoms with E-state index in [2.05, 4.69) is 44.8 Å². The van der Waals surface area contributed by atoms with Gasteiger partial charge in [0.15, 0.2) is 0 Å². The first-order valence-electron chi connectivity index (χ1n) is 11.4. The maximum Gasteiger partial charge on any atom is 0.340 e. The molecule has 1 aliphatic rings. The predicted molar refractivity (Wildman–Crippen MR) is 146 cm³/mol. The lowest BCUT2D eigenvalue weighted by Gasteiger charge is -2.15. The van der Waals surface area contributed by atoms with Crippen molar-refractivity contribution in [3.05, 3.63) is 63.3 Å². The van der Waals surface area contributed by atoms with Gasteiger partial charge in [-0.3, -0.25) is 0 Å². The number of phenolic OH excluding ortho intramolecular Hbond substituents is 1. The van der Waals surface area contributed by atoms with Crippen LogP contribution in [0.2, 0.25) is 0 Å². The molecule has 5 nitrogen and oxygen atoms in total. The van der Waals surface area contributed by atoms with E-state index in [1.165, 1.54) is 5.56 Å². The zero-order valence-corrected chi connectivity index (χ0v) is 23.1. The molecule has 0 amide bonds. The predicted octanol–water partition coefficient (Wildman–Crippen LogP) is 6.58. The van der Waals surface area contributed by atoms with E-state index in [9.17, 15) is 9.90 Å². The molecule has 1 aliphatic carbocycles. The van der Waals surface area contributed by atoms with Crippen molar-refractivity contribution < 1.29 is 14.6 Å². The topological polar surface area (TPSA) is 54.7 Å². The van der Waals surface area contributed by atoms with Gasteiger partial charge in [-0.15, -0.1) is 12.4 Å². The number of rotatable bonds is 10. The Balaban J connectivity index is 0.00000324. The summed E-state index contributed by atoms with van der Waals surface area (Å²) in [6, 6.07) is 12.8. The monoisotopic (exact) mass is 566 g/mol. The lowest BCUT2D eigenvalue weighted by Crippen LogP contribution is -2.13. The number of carbonyl (C=O) groups excluding carboxylic acids is 1. The van der Waals surface area contributed by atoms with Crippen LogP contribution in [0.15, 0.2) is 40.9 Å².